The lowest BCUT2D eigenvalue weighted by Crippen LogP contribution is -2.30. The number of carbonyl (C=O) groups excluding carboxylic acids is 3. The molecular weight excluding hydrogens is 1020 g/mol. The van der Waals surface area contributed by atoms with Crippen LogP contribution in [0.4, 0.5) is 0 Å². The fraction of sp³-hybridized carbons (Fsp3) is 0.662. The highest BCUT2D eigenvalue weighted by molar-refractivity contribution is 7.47. The smallest absolute Gasteiger partial charge is 0.462 e. The van der Waals surface area contributed by atoms with Crippen molar-refractivity contribution in [3.05, 3.63) is 122 Å². The summed E-state index contributed by atoms with van der Waals surface area (Å²) in [7, 11) is -4.79. The predicted octanol–water partition coefficient (Wildman–Crippen LogP) is 19.1. The van der Waals surface area contributed by atoms with Gasteiger partial charge in [-0.05, 0) is 96.3 Å². The number of phosphoric ester groups is 1. The van der Waals surface area contributed by atoms with Gasteiger partial charge in [-0.15, -0.1) is 0 Å². The van der Waals surface area contributed by atoms with Gasteiger partial charge in [0, 0.05) is 19.3 Å². The summed E-state index contributed by atoms with van der Waals surface area (Å²) in [5.74, 6) is -1.61. The summed E-state index contributed by atoms with van der Waals surface area (Å²) < 4.78 is 39.5. The number of rotatable bonds is 57. The topological polar surface area (TPSA) is 155 Å². The van der Waals surface area contributed by atoms with E-state index in [-0.39, 0.29) is 25.9 Å². The Morgan fingerprint density at radius 1 is 0.362 bits per heavy atom. The van der Waals surface area contributed by atoms with Crippen LogP contribution in [0.15, 0.2) is 122 Å². The third-order valence-electron chi connectivity index (χ3n) is 12.9. The molecule has 0 saturated carbocycles. The Morgan fingerprint density at radius 3 is 1.07 bits per heavy atom. The molecular formula is C68H113O11P. The normalized spacial score (nSPS) is 14.1. The van der Waals surface area contributed by atoms with Gasteiger partial charge in [0.1, 0.15) is 12.7 Å². The van der Waals surface area contributed by atoms with Crippen LogP contribution in [-0.2, 0) is 42.2 Å². The van der Waals surface area contributed by atoms with Crippen LogP contribution < -0.4 is 0 Å². The first-order valence-electron chi connectivity index (χ1n) is 31.4. The van der Waals surface area contributed by atoms with Gasteiger partial charge in [-0.25, -0.2) is 4.57 Å². The van der Waals surface area contributed by atoms with Crippen molar-refractivity contribution in [1.29, 1.82) is 0 Å². The molecule has 3 unspecified atom stereocenters. The van der Waals surface area contributed by atoms with E-state index < -0.39 is 57.8 Å². The first kappa shape index (κ1) is 75.9. The van der Waals surface area contributed by atoms with Gasteiger partial charge in [-0.3, -0.25) is 23.4 Å². The summed E-state index contributed by atoms with van der Waals surface area (Å²) in [6.07, 6.45) is 76.1. The Balaban J connectivity index is 4.85. The van der Waals surface area contributed by atoms with Crippen molar-refractivity contribution in [2.24, 2.45) is 0 Å². The highest BCUT2D eigenvalue weighted by Gasteiger charge is 2.28. The molecule has 0 aliphatic rings. The molecule has 0 rings (SSSR count). The summed E-state index contributed by atoms with van der Waals surface area (Å²) in [5, 5.41) is 9.83. The molecule has 3 atom stereocenters. The number of phosphoric acid groups is 1. The van der Waals surface area contributed by atoms with Gasteiger partial charge in [0.25, 0.3) is 0 Å². The largest absolute Gasteiger partial charge is 0.472 e. The van der Waals surface area contributed by atoms with Crippen molar-refractivity contribution in [2.45, 2.75) is 264 Å². The van der Waals surface area contributed by atoms with Crippen molar-refractivity contribution < 1.29 is 52.2 Å². The van der Waals surface area contributed by atoms with Crippen LogP contribution in [0.1, 0.15) is 252 Å². The van der Waals surface area contributed by atoms with Crippen LogP contribution in [0, 0.1) is 0 Å². The van der Waals surface area contributed by atoms with Gasteiger partial charge >= 0.3 is 25.7 Å². The SMILES string of the molecule is CC/C=C\C/C=C\C/C=C\C/C=C\C/C=C\C/C=C\CCC(=O)OC(COC(=O)CCCCCCCCCCCCCCCCCCCCC)COP(=O)(O)OCC(CO)OC(=O)CCCC/C=C\C/C=C\C/C=C\C/C=C\CC. The maximum Gasteiger partial charge on any atom is 0.472 e. The maximum atomic E-state index is 12.9. The van der Waals surface area contributed by atoms with Crippen LogP contribution in [0.5, 0.6) is 0 Å². The molecule has 0 bridgehead atoms. The lowest BCUT2D eigenvalue weighted by atomic mass is 10.0. The monoisotopic (exact) mass is 1140 g/mol. The van der Waals surface area contributed by atoms with Crippen LogP contribution in [0.3, 0.4) is 0 Å². The summed E-state index contributed by atoms with van der Waals surface area (Å²) >= 11 is 0. The molecule has 0 aromatic rings. The van der Waals surface area contributed by atoms with Crippen molar-refractivity contribution >= 4 is 25.7 Å². The standard InChI is InChI=1S/C68H113O11P/c1-4-7-10-13-16-19-22-25-28-30-32-34-37-39-42-45-48-51-54-57-66(70)75-61-65(79-68(72)59-56-53-50-47-44-41-38-35-33-31-29-26-23-20-17-14-11-8-5-2)63-77-80(73,74)76-62-64(60-69)78-67(71)58-55-52-49-46-43-40-36-27-24-21-18-15-12-9-6-3/h8-9,11-12,17-18,20-21,26-27,29,33,35-36,41,43-44,46,50,53,64-65,69H,4-7,10,13-16,19,22-25,28,30-32,34,37-40,42,45,47-49,51-52,54-63H2,1-3H3,(H,73,74)/b11-8-,12-9-,20-17-,21-18-,29-26-,35-33-,36-27-,44-41-,46-43-,53-50-. The van der Waals surface area contributed by atoms with E-state index in [0.29, 0.717) is 25.7 Å². The van der Waals surface area contributed by atoms with Crippen LogP contribution in [0.25, 0.3) is 0 Å². The third-order valence-corrected chi connectivity index (χ3v) is 13.8. The number of unbranched alkanes of at least 4 members (excludes halogenated alkanes) is 20. The molecule has 456 valence electrons. The number of ether oxygens (including phenoxy) is 3. The quantitative estimate of drug-likeness (QED) is 0.0197. The minimum atomic E-state index is -4.79. The molecule has 80 heavy (non-hydrogen) atoms. The molecule has 0 heterocycles. The second-order valence-electron chi connectivity index (χ2n) is 20.5. The van der Waals surface area contributed by atoms with Gasteiger partial charge in [0.15, 0.2) is 6.10 Å². The van der Waals surface area contributed by atoms with E-state index in [0.717, 1.165) is 89.9 Å². The Kier molecular flexibility index (Phi) is 57.8. The number of hydrogen-bond acceptors (Lipinski definition) is 10. The van der Waals surface area contributed by atoms with E-state index >= 15 is 0 Å². The zero-order valence-corrected chi connectivity index (χ0v) is 51.4. The molecule has 0 amide bonds. The highest BCUT2D eigenvalue weighted by atomic mass is 31.2. The number of esters is 3. The van der Waals surface area contributed by atoms with Crippen molar-refractivity contribution in [2.75, 3.05) is 26.4 Å². The molecule has 0 fully saturated rings. The summed E-state index contributed by atoms with van der Waals surface area (Å²) in [4.78, 5) is 48.7. The van der Waals surface area contributed by atoms with Crippen LogP contribution in [0.2, 0.25) is 0 Å². The fourth-order valence-corrected chi connectivity index (χ4v) is 8.98. The summed E-state index contributed by atoms with van der Waals surface area (Å²) in [5.41, 5.74) is 0. The van der Waals surface area contributed by atoms with Crippen LogP contribution in [-0.4, -0.2) is 66.5 Å². The minimum absolute atomic E-state index is 0.0350. The molecule has 0 aliphatic heterocycles. The van der Waals surface area contributed by atoms with Gasteiger partial charge < -0.3 is 24.2 Å². The van der Waals surface area contributed by atoms with E-state index in [2.05, 4.69) is 130 Å². The molecule has 0 aliphatic carbocycles. The summed E-state index contributed by atoms with van der Waals surface area (Å²) in [6, 6.07) is 0. The highest BCUT2D eigenvalue weighted by Crippen LogP contribution is 2.43. The Hall–Kier alpha value is -4.12. The maximum absolute atomic E-state index is 12.9. The fourth-order valence-electron chi connectivity index (χ4n) is 8.20. The van der Waals surface area contributed by atoms with E-state index in [1.54, 1.807) is 0 Å². The second kappa shape index (κ2) is 61.0. The van der Waals surface area contributed by atoms with E-state index in [1.165, 1.54) is 96.3 Å². The molecule has 0 aromatic heterocycles. The second-order valence-corrected chi connectivity index (χ2v) is 21.9. The van der Waals surface area contributed by atoms with E-state index in [9.17, 15) is 28.9 Å². The number of hydrogen-bond donors (Lipinski definition) is 2. The van der Waals surface area contributed by atoms with Crippen molar-refractivity contribution in [3.8, 4) is 0 Å². The van der Waals surface area contributed by atoms with Crippen molar-refractivity contribution in [1.82, 2.24) is 0 Å². The van der Waals surface area contributed by atoms with Gasteiger partial charge in [0.2, 0.25) is 0 Å². The number of aliphatic hydroxyl groups excluding tert-OH is 1. The minimum Gasteiger partial charge on any atom is -0.462 e. The predicted molar refractivity (Wildman–Crippen MR) is 334 cm³/mol. The number of carbonyl (C=O) groups is 3. The van der Waals surface area contributed by atoms with Crippen LogP contribution >= 0.6 is 7.82 Å². The lowest BCUT2D eigenvalue weighted by Gasteiger charge is -2.21. The Morgan fingerprint density at radius 2 is 0.675 bits per heavy atom. The molecule has 0 radical (unpaired) electrons. The third kappa shape index (κ3) is 58.5. The molecule has 0 spiro atoms. The number of allylic oxidation sites excluding steroid dienone is 20. The molecule has 12 heteroatoms. The first-order chi connectivity index (χ1) is 39.2. The zero-order valence-electron chi connectivity index (χ0n) is 50.5. The number of aliphatic hydroxyl groups is 1. The zero-order chi connectivity index (χ0) is 58.3. The van der Waals surface area contributed by atoms with E-state index in [1.807, 2.05) is 12.2 Å². The average Bonchev–Trinajstić information content (AvgIpc) is 3.45. The lowest BCUT2D eigenvalue weighted by molar-refractivity contribution is -0.161. The molecule has 0 saturated heterocycles. The molecule has 11 nitrogen and oxygen atoms in total. The average molecular weight is 1140 g/mol. The van der Waals surface area contributed by atoms with Gasteiger partial charge in [0.05, 0.1) is 19.8 Å². The first-order valence-corrected chi connectivity index (χ1v) is 32.9. The van der Waals surface area contributed by atoms with E-state index in [4.69, 9.17) is 23.3 Å². The van der Waals surface area contributed by atoms with Crippen molar-refractivity contribution in [3.63, 3.8) is 0 Å². The Bertz CT molecular complexity index is 1800. The molecule has 2 N–H and O–H groups in total. The van der Waals surface area contributed by atoms with Gasteiger partial charge in [-0.2, -0.15) is 0 Å². The summed E-state index contributed by atoms with van der Waals surface area (Å²) in [6.45, 7) is 4.30. The van der Waals surface area contributed by atoms with Gasteiger partial charge in [-0.1, -0.05) is 258 Å². The molecule has 0 aromatic carbocycles. The Labute approximate surface area is 487 Å².